The minimum absolute atomic E-state index is 0.0469. The average molecular weight is 1370 g/mol. The summed E-state index contributed by atoms with van der Waals surface area (Å²) in [7, 11) is 0. The Kier molecular flexibility index (Phi) is 23.9. The van der Waals surface area contributed by atoms with Gasteiger partial charge in [-0.25, -0.2) is 35.1 Å². The Bertz CT molecular complexity index is 3910. The maximum Gasteiger partial charge on any atom is 0.295 e. The lowest BCUT2D eigenvalue weighted by molar-refractivity contribution is -0.384. The first-order chi connectivity index (χ1) is 47.3. The fraction of sp³-hybridized carbons (Fsp3) is 0.429. The first kappa shape index (κ1) is 73.3. The number of nitro groups is 1. The van der Waals surface area contributed by atoms with Gasteiger partial charge in [-0.2, -0.15) is 0 Å². The third kappa shape index (κ3) is 16.9. The zero-order valence-corrected chi connectivity index (χ0v) is 57.3. The molecule has 8 unspecified atom stereocenters. The summed E-state index contributed by atoms with van der Waals surface area (Å²) >= 11 is 0. The Morgan fingerprint density at radius 2 is 0.758 bits per heavy atom. The fourth-order valence-corrected chi connectivity index (χ4v) is 16.1. The third-order valence-electron chi connectivity index (χ3n) is 20.4. The number of piperidine rings is 4. The van der Waals surface area contributed by atoms with Crippen molar-refractivity contribution in [3.05, 3.63) is 224 Å². The highest BCUT2D eigenvalue weighted by Crippen LogP contribution is 2.42. The number of amides is 2. The quantitative estimate of drug-likeness (QED) is 0.0377. The lowest BCUT2D eigenvalue weighted by Gasteiger charge is -2.45. The van der Waals surface area contributed by atoms with Crippen molar-refractivity contribution in [3.8, 4) is 0 Å². The molecule has 4 fully saturated rings. The number of hydrogen-bond acceptors (Lipinski definition) is 11. The second kappa shape index (κ2) is 32.3. The van der Waals surface area contributed by atoms with Gasteiger partial charge >= 0.3 is 0 Å². The highest BCUT2D eigenvalue weighted by Gasteiger charge is 2.45. The number of nitrogens with zero attached hydrogens (tertiary/aromatic N) is 6. The van der Waals surface area contributed by atoms with Crippen LogP contribution in [0.2, 0.25) is 0 Å². The Morgan fingerprint density at radius 3 is 1.14 bits per heavy atom. The standard InChI is InChI=1S/C22H24F2N2O.C20H23F2N3O2.C20H25F2N3.C15H18F2N2O/c1-14-11-25(13-16-6-4-3-5-7-16)12-15(2)21(14)26-19(27)10-17-8-9-18(23)20(24)22(17)26;1-13-10-24(12-15-6-4-3-5-7-15)11-14(2)19(13)23-20-17(25(26)27)9-8-16(21)18(20)22;1-13-10-25(12-15-6-4-3-5-7-15)11-14(2)19(13)24-20-17(23)9-8-16(21)18(20)22;1-8-6-18-7-9(2)14(8)19-12(20)5-10-3-4-11(16)13(17)15(10)19/h3-9,14-15,21H,10-13H2,1-2H3;3-9,13-14,19,23H,10-12H2,1-2H3;3-9,13-14,19,24H,10-12,23H2,1-2H3;3-4,8-9,14,18H,5-7H2,1-2H3. The highest BCUT2D eigenvalue weighted by atomic mass is 19.2. The predicted molar refractivity (Wildman–Crippen MR) is 373 cm³/mol. The van der Waals surface area contributed by atoms with E-state index in [-0.39, 0.29) is 125 Å². The van der Waals surface area contributed by atoms with Gasteiger partial charge in [0.05, 0.1) is 40.5 Å². The number of benzene rings is 7. The van der Waals surface area contributed by atoms with E-state index in [0.717, 1.165) is 102 Å². The van der Waals surface area contributed by atoms with Gasteiger partial charge < -0.3 is 31.5 Å². The normalized spacial score (nSPS) is 25.5. The monoisotopic (exact) mass is 1370 g/mol. The second-order valence-electron chi connectivity index (χ2n) is 28.3. The molecule has 0 spiro atoms. The molecule has 14 nitrogen and oxygen atoms in total. The van der Waals surface area contributed by atoms with Crippen LogP contribution < -0.4 is 31.5 Å². The van der Waals surface area contributed by atoms with Gasteiger partial charge in [-0.1, -0.05) is 159 Å². The molecule has 6 aliphatic heterocycles. The van der Waals surface area contributed by atoms with Gasteiger partial charge in [0.1, 0.15) is 0 Å². The smallest absolute Gasteiger partial charge is 0.295 e. The van der Waals surface area contributed by atoms with Gasteiger partial charge in [-0.05, 0) is 119 Å². The van der Waals surface area contributed by atoms with Crippen molar-refractivity contribution >= 4 is 45.9 Å². The number of nitro benzene ring substituents is 1. The summed E-state index contributed by atoms with van der Waals surface area (Å²) in [5, 5.41) is 20.6. The van der Waals surface area contributed by atoms with Crippen molar-refractivity contribution in [2.24, 2.45) is 47.3 Å². The first-order valence-corrected chi connectivity index (χ1v) is 34.2. The van der Waals surface area contributed by atoms with Crippen molar-refractivity contribution in [1.82, 2.24) is 20.0 Å². The van der Waals surface area contributed by atoms with Crippen molar-refractivity contribution in [2.45, 2.75) is 112 Å². The molecule has 22 heteroatoms. The molecule has 5 N–H and O–H groups in total. The van der Waals surface area contributed by atoms with E-state index in [9.17, 15) is 54.8 Å². The molecule has 2 amide bonds. The summed E-state index contributed by atoms with van der Waals surface area (Å²) in [4.78, 5) is 45.7. The molecule has 528 valence electrons. The number of likely N-dealkylation sites (tertiary alicyclic amines) is 3. The van der Waals surface area contributed by atoms with E-state index in [2.05, 4.69) is 94.7 Å². The van der Waals surface area contributed by atoms with Crippen LogP contribution >= 0.6 is 0 Å². The molecule has 99 heavy (non-hydrogen) atoms. The molecular formula is C77H90F8N10O4. The third-order valence-corrected chi connectivity index (χ3v) is 20.4. The number of halogens is 8. The van der Waals surface area contributed by atoms with Crippen LogP contribution in [0.5, 0.6) is 0 Å². The number of fused-ring (bicyclic) bond motifs is 2. The summed E-state index contributed by atoms with van der Waals surface area (Å²) in [5.41, 5.74) is 10.6. The van der Waals surface area contributed by atoms with Crippen molar-refractivity contribution in [3.63, 3.8) is 0 Å². The topological polar surface area (TPSA) is 156 Å². The number of anilines is 5. The van der Waals surface area contributed by atoms with Crippen LogP contribution in [0.4, 0.5) is 69.2 Å². The van der Waals surface area contributed by atoms with Crippen molar-refractivity contribution < 1.29 is 49.6 Å². The molecule has 6 heterocycles. The maximum atomic E-state index is 14.5. The number of nitrogen functional groups attached to an aromatic ring is 1. The van der Waals surface area contributed by atoms with Crippen LogP contribution in [0.25, 0.3) is 0 Å². The van der Waals surface area contributed by atoms with Crippen LogP contribution in [-0.2, 0) is 42.1 Å². The van der Waals surface area contributed by atoms with Crippen molar-refractivity contribution in [1.29, 1.82) is 0 Å². The lowest BCUT2D eigenvalue weighted by Crippen LogP contribution is -2.56. The van der Waals surface area contributed by atoms with Crippen LogP contribution in [0, 0.1) is 104 Å². The number of nitrogens with two attached hydrogens (primary N) is 1. The molecular weight excluding hydrogens is 1280 g/mol. The molecule has 0 radical (unpaired) electrons. The molecule has 8 atom stereocenters. The number of carbonyl (C=O) groups excluding carboxylic acids is 2. The fourth-order valence-electron chi connectivity index (χ4n) is 16.1. The van der Waals surface area contributed by atoms with Gasteiger partial charge in [0.2, 0.25) is 11.8 Å². The molecule has 0 saturated carbocycles. The Labute approximate surface area is 575 Å². The summed E-state index contributed by atoms with van der Waals surface area (Å²) in [6.45, 7) is 25.7. The van der Waals surface area contributed by atoms with Gasteiger partial charge in [0, 0.05) is 89.1 Å². The molecule has 6 aliphatic rings. The number of carbonyl (C=O) groups is 2. The van der Waals surface area contributed by atoms with E-state index in [1.54, 1.807) is 4.90 Å². The summed E-state index contributed by atoms with van der Waals surface area (Å²) in [6, 6.07) is 40.0. The Balaban J connectivity index is 0.000000144. The van der Waals surface area contributed by atoms with E-state index in [1.165, 1.54) is 39.8 Å². The molecule has 0 bridgehead atoms. The molecule has 4 saturated heterocycles. The average Bonchev–Trinajstić information content (AvgIpc) is 1.64. The van der Waals surface area contributed by atoms with E-state index in [0.29, 0.717) is 11.1 Å². The summed E-state index contributed by atoms with van der Waals surface area (Å²) < 4.78 is 112. The van der Waals surface area contributed by atoms with E-state index in [4.69, 9.17) is 5.73 Å². The number of hydrogen-bond donors (Lipinski definition) is 4. The van der Waals surface area contributed by atoms with Crippen LogP contribution in [0.1, 0.15) is 83.2 Å². The number of nitrogens with one attached hydrogen (secondary N) is 3. The van der Waals surface area contributed by atoms with Crippen LogP contribution in [0.3, 0.4) is 0 Å². The minimum atomic E-state index is -1.20. The summed E-state index contributed by atoms with van der Waals surface area (Å²) in [6.07, 6.45) is 0.312. The largest absolute Gasteiger partial charge is 0.397 e. The SMILES string of the molecule is CC1CN(Cc2ccccc2)CC(C)C1N1C(=O)Cc2ccc(F)c(F)c21.CC1CN(Cc2ccccc2)CC(C)C1Nc1c(N)ccc(F)c1F.CC1CN(Cc2ccccc2)CC(C)C1Nc1c([N+](=O)[O-])ccc(F)c1F.CC1CNCC(C)C1N1C(=O)Cc2ccc(F)c(F)c21. The lowest BCUT2D eigenvalue weighted by atomic mass is 9.84. The molecule has 7 aromatic carbocycles. The van der Waals surface area contributed by atoms with Crippen LogP contribution in [0.15, 0.2) is 140 Å². The molecule has 0 aromatic heterocycles. The predicted octanol–water partition coefficient (Wildman–Crippen LogP) is 14.7. The van der Waals surface area contributed by atoms with Gasteiger partial charge in [-0.3, -0.25) is 34.4 Å². The summed E-state index contributed by atoms with van der Waals surface area (Å²) in [5.74, 6) is -6.38. The Hall–Kier alpha value is -8.44. The molecule has 13 rings (SSSR count). The van der Waals surface area contributed by atoms with Crippen LogP contribution in [-0.4, -0.2) is 108 Å². The van der Waals surface area contributed by atoms with E-state index in [1.807, 2.05) is 82.3 Å². The van der Waals surface area contributed by atoms with E-state index >= 15 is 0 Å². The van der Waals surface area contributed by atoms with E-state index < -0.39 is 57.1 Å². The molecule has 7 aromatic rings. The molecule has 0 aliphatic carbocycles. The number of rotatable bonds is 13. The minimum Gasteiger partial charge on any atom is -0.397 e. The zero-order valence-electron chi connectivity index (χ0n) is 57.3. The second-order valence-corrected chi connectivity index (χ2v) is 28.3. The van der Waals surface area contributed by atoms with Gasteiger partial charge in [0.15, 0.2) is 52.2 Å². The first-order valence-electron chi connectivity index (χ1n) is 34.2. The van der Waals surface area contributed by atoms with Gasteiger partial charge in [0.25, 0.3) is 5.69 Å². The zero-order chi connectivity index (χ0) is 71.1. The highest BCUT2D eigenvalue weighted by molar-refractivity contribution is 6.03. The van der Waals surface area contributed by atoms with Gasteiger partial charge in [-0.15, -0.1) is 0 Å². The Morgan fingerprint density at radius 1 is 0.434 bits per heavy atom. The van der Waals surface area contributed by atoms with Crippen molar-refractivity contribution in [2.75, 3.05) is 78.5 Å². The maximum absolute atomic E-state index is 14.5.